The lowest BCUT2D eigenvalue weighted by Crippen LogP contribution is -2.56. The van der Waals surface area contributed by atoms with Gasteiger partial charge in [0.25, 0.3) is 0 Å². The van der Waals surface area contributed by atoms with Crippen molar-refractivity contribution >= 4 is 0 Å². The molecule has 0 aliphatic carbocycles. The molecule has 6 heteroatoms. The molecule has 0 amide bonds. The summed E-state index contributed by atoms with van der Waals surface area (Å²) in [5.41, 5.74) is 0. The van der Waals surface area contributed by atoms with Crippen molar-refractivity contribution in [2.45, 2.75) is 71.4 Å². The largest absolute Gasteiger partial charge is 0.394 e. The number of rotatable bonds is 4. The van der Waals surface area contributed by atoms with Gasteiger partial charge in [-0.1, -0.05) is 27.7 Å². The molecule has 10 atom stereocenters. The van der Waals surface area contributed by atoms with E-state index >= 15 is 0 Å². The Balaban J connectivity index is 2.11. The van der Waals surface area contributed by atoms with Crippen LogP contribution in [-0.4, -0.2) is 65.3 Å². The van der Waals surface area contributed by atoms with Gasteiger partial charge in [-0.2, -0.15) is 0 Å². The summed E-state index contributed by atoms with van der Waals surface area (Å²) in [6, 6.07) is 0. The van der Waals surface area contributed by atoms with E-state index in [1.54, 1.807) is 0 Å². The number of aliphatic hydroxyl groups is 3. The molecule has 0 aromatic rings. The van der Waals surface area contributed by atoms with E-state index in [0.717, 1.165) is 0 Å². The van der Waals surface area contributed by atoms with Crippen molar-refractivity contribution in [1.29, 1.82) is 0 Å². The maximum atomic E-state index is 10.2. The zero-order valence-corrected chi connectivity index (χ0v) is 14.8. The molecular weight excluding hydrogens is 300 g/mol. The average molecular weight is 332 g/mol. The number of ether oxygens (including phenoxy) is 3. The van der Waals surface area contributed by atoms with Gasteiger partial charge in [0.1, 0.15) is 12.2 Å². The van der Waals surface area contributed by atoms with E-state index in [2.05, 4.69) is 13.8 Å². The Bertz CT molecular complexity index is 374. The lowest BCUT2D eigenvalue weighted by atomic mass is 9.81. The van der Waals surface area contributed by atoms with Crippen LogP contribution < -0.4 is 0 Å². The zero-order chi connectivity index (χ0) is 17.3. The first-order valence-corrected chi connectivity index (χ1v) is 8.67. The Labute approximate surface area is 138 Å². The highest BCUT2D eigenvalue weighted by Gasteiger charge is 2.46. The van der Waals surface area contributed by atoms with E-state index in [1.807, 2.05) is 20.8 Å². The van der Waals surface area contributed by atoms with E-state index in [-0.39, 0.29) is 49.3 Å². The van der Waals surface area contributed by atoms with Crippen molar-refractivity contribution in [3.63, 3.8) is 0 Å². The van der Waals surface area contributed by atoms with Crippen LogP contribution >= 0.6 is 0 Å². The normalized spacial score (nSPS) is 51.7. The third-order valence-electron chi connectivity index (χ3n) is 5.98. The SMILES string of the molecule is CC1[C@@H](O[C@@H]2C(CO)O[C@H](C)C(C)[C@H]2C)OC(CO)[C@@H](O)[C@@H]1C. The molecule has 0 aromatic heterocycles. The number of hydrogen-bond donors (Lipinski definition) is 3. The van der Waals surface area contributed by atoms with Crippen molar-refractivity contribution < 1.29 is 29.5 Å². The van der Waals surface area contributed by atoms with Crippen LogP contribution in [-0.2, 0) is 14.2 Å². The molecule has 0 radical (unpaired) electrons. The molecule has 0 spiro atoms. The second kappa shape index (κ2) is 7.76. The molecule has 0 bridgehead atoms. The summed E-state index contributed by atoms with van der Waals surface area (Å²) in [7, 11) is 0. The molecule has 6 nitrogen and oxygen atoms in total. The smallest absolute Gasteiger partial charge is 0.161 e. The minimum Gasteiger partial charge on any atom is -0.394 e. The fraction of sp³-hybridized carbons (Fsp3) is 1.00. The van der Waals surface area contributed by atoms with E-state index in [0.29, 0.717) is 5.92 Å². The molecule has 2 heterocycles. The van der Waals surface area contributed by atoms with Gasteiger partial charge < -0.3 is 29.5 Å². The predicted molar refractivity (Wildman–Crippen MR) is 84.7 cm³/mol. The summed E-state index contributed by atoms with van der Waals surface area (Å²) in [6.45, 7) is 9.80. The first-order chi connectivity index (χ1) is 10.8. The first-order valence-electron chi connectivity index (χ1n) is 8.67. The van der Waals surface area contributed by atoms with Gasteiger partial charge in [-0.05, 0) is 24.7 Å². The molecule has 2 rings (SSSR count). The van der Waals surface area contributed by atoms with E-state index in [1.165, 1.54) is 0 Å². The highest BCUT2D eigenvalue weighted by Crippen LogP contribution is 2.37. The van der Waals surface area contributed by atoms with E-state index in [4.69, 9.17) is 14.2 Å². The molecule has 23 heavy (non-hydrogen) atoms. The van der Waals surface area contributed by atoms with Crippen LogP contribution in [0.1, 0.15) is 34.6 Å². The van der Waals surface area contributed by atoms with Crippen molar-refractivity contribution in [2.75, 3.05) is 13.2 Å². The Morgan fingerprint density at radius 1 is 0.783 bits per heavy atom. The lowest BCUT2D eigenvalue weighted by molar-refractivity contribution is -0.311. The van der Waals surface area contributed by atoms with Crippen LogP contribution in [0.2, 0.25) is 0 Å². The molecule has 2 fully saturated rings. The van der Waals surface area contributed by atoms with Gasteiger partial charge in [0.2, 0.25) is 0 Å². The zero-order valence-electron chi connectivity index (χ0n) is 14.8. The Morgan fingerprint density at radius 3 is 1.96 bits per heavy atom. The van der Waals surface area contributed by atoms with E-state index in [9.17, 15) is 15.3 Å². The molecule has 2 aliphatic heterocycles. The lowest BCUT2D eigenvalue weighted by Gasteiger charge is -2.48. The Kier molecular flexibility index (Phi) is 6.44. The minimum atomic E-state index is -0.706. The van der Waals surface area contributed by atoms with Crippen LogP contribution in [0.4, 0.5) is 0 Å². The second-order valence-corrected chi connectivity index (χ2v) is 7.32. The molecule has 3 N–H and O–H groups in total. The molecule has 4 unspecified atom stereocenters. The monoisotopic (exact) mass is 332 g/mol. The van der Waals surface area contributed by atoms with Crippen molar-refractivity contribution in [1.82, 2.24) is 0 Å². The highest BCUT2D eigenvalue weighted by molar-refractivity contribution is 4.90. The van der Waals surface area contributed by atoms with Gasteiger partial charge in [0.05, 0.1) is 31.5 Å². The first kappa shape index (κ1) is 19.1. The van der Waals surface area contributed by atoms with Crippen LogP contribution in [0.25, 0.3) is 0 Å². The second-order valence-electron chi connectivity index (χ2n) is 7.32. The molecule has 2 aliphatic rings. The quantitative estimate of drug-likeness (QED) is 0.705. The summed E-state index contributed by atoms with van der Waals surface area (Å²) in [5, 5.41) is 29.2. The van der Waals surface area contributed by atoms with Crippen LogP contribution in [0.5, 0.6) is 0 Å². The average Bonchev–Trinajstić information content (AvgIpc) is 2.55. The molecular formula is C17H32O6. The number of hydrogen-bond acceptors (Lipinski definition) is 6. The Hall–Kier alpha value is -0.240. The molecule has 136 valence electrons. The summed E-state index contributed by atoms with van der Waals surface area (Å²) >= 11 is 0. The third kappa shape index (κ3) is 3.72. The molecule has 2 saturated heterocycles. The van der Waals surface area contributed by atoms with Gasteiger partial charge in [-0.3, -0.25) is 0 Å². The van der Waals surface area contributed by atoms with Crippen LogP contribution in [0.15, 0.2) is 0 Å². The third-order valence-corrected chi connectivity index (χ3v) is 5.98. The van der Waals surface area contributed by atoms with Crippen LogP contribution in [0, 0.1) is 23.7 Å². The van der Waals surface area contributed by atoms with Gasteiger partial charge in [-0.25, -0.2) is 0 Å². The van der Waals surface area contributed by atoms with Gasteiger partial charge >= 0.3 is 0 Å². The summed E-state index contributed by atoms with van der Waals surface area (Å²) in [4.78, 5) is 0. The fourth-order valence-electron chi connectivity index (χ4n) is 3.64. The summed E-state index contributed by atoms with van der Waals surface area (Å²) in [5.74, 6) is 0.448. The van der Waals surface area contributed by atoms with Crippen molar-refractivity contribution in [3.8, 4) is 0 Å². The maximum absolute atomic E-state index is 10.2. The van der Waals surface area contributed by atoms with Crippen LogP contribution in [0.3, 0.4) is 0 Å². The fourth-order valence-corrected chi connectivity index (χ4v) is 3.64. The molecule has 0 aromatic carbocycles. The van der Waals surface area contributed by atoms with Gasteiger partial charge in [0, 0.05) is 5.92 Å². The van der Waals surface area contributed by atoms with Crippen molar-refractivity contribution in [3.05, 3.63) is 0 Å². The minimum absolute atomic E-state index is 0.0194. The van der Waals surface area contributed by atoms with E-state index < -0.39 is 18.5 Å². The van der Waals surface area contributed by atoms with Crippen molar-refractivity contribution in [2.24, 2.45) is 23.7 Å². The molecule has 0 saturated carbocycles. The maximum Gasteiger partial charge on any atom is 0.161 e. The highest BCUT2D eigenvalue weighted by atomic mass is 16.7. The number of aliphatic hydroxyl groups excluding tert-OH is 3. The summed E-state index contributed by atoms with van der Waals surface area (Å²) in [6.07, 6.45) is -2.48. The standard InChI is InChI=1S/C17H32O6/c1-8-10(3)16(14(7-19)21-12(8)5)23-17-11(4)9(2)15(20)13(6-18)22-17/h8-20H,6-7H2,1-5H3/t8?,9-,10-,11?,12-,13?,14?,15+,16+,17-/m1/s1. The topological polar surface area (TPSA) is 88.4 Å². The predicted octanol–water partition coefficient (Wildman–Crippen LogP) is 0.774. The summed E-state index contributed by atoms with van der Waals surface area (Å²) < 4.78 is 17.9. The van der Waals surface area contributed by atoms with Gasteiger partial charge in [-0.15, -0.1) is 0 Å². The van der Waals surface area contributed by atoms with Gasteiger partial charge in [0.15, 0.2) is 6.29 Å². The Morgan fingerprint density at radius 2 is 1.39 bits per heavy atom.